The number of hydrogen-bond donors (Lipinski definition) is 0. The van der Waals surface area contributed by atoms with Crippen LogP contribution in [0.1, 0.15) is 24.0 Å². The van der Waals surface area contributed by atoms with E-state index in [1.807, 2.05) is 54.3 Å². The molecule has 1 saturated heterocycles. The minimum absolute atomic E-state index is 0.0883. The van der Waals surface area contributed by atoms with Crippen molar-refractivity contribution in [3.8, 4) is 5.75 Å². The van der Waals surface area contributed by atoms with E-state index in [0.29, 0.717) is 42.5 Å². The van der Waals surface area contributed by atoms with Crippen LogP contribution in [0.3, 0.4) is 0 Å². The first kappa shape index (κ1) is 22.3. The Kier molecular flexibility index (Phi) is 6.77. The Balaban J connectivity index is 1.40. The highest BCUT2D eigenvalue weighted by Crippen LogP contribution is 2.25. The summed E-state index contributed by atoms with van der Waals surface area (Å²) in [5.74, 6) is 0.630. The lowest BCUT2D eigenvalue weighted by molar-refractivity contribution is -0.126. The molecule has 168 valence electrons. The minimum atomic E-state index is -0.0920. The van der Waals surface area contributed by atoms with E-state index in [9.17, 15) is 9.59 Å². The van der Waals surface area contributed by atoms with Gasteiger partial charge >= 0.3 is 0 Å². The van der Waals surface area contributed by atoms with Gasteiger partial charge in [0, 0.05) is 56.2 Å². The molecule has 0 aromatic heterocycles. The van der Waals surface area contributed by atoms with Crippen LogP contribution in [0.5, 0.6) is 5.75 Å². The molecule has 2 aromatic rings. The molecule has 2 aromatic carbocycles. The standard InChI is InChI=1S/C24H27ClN4O3/c1-17-3-6-20(7-4-17)29-23(30)10-8-21(26-29)24(31)28-13-11-27(12-14-28)16-18-15-19(25)5-9-22(18)32-2/h3-7,9,15H,8,10-14,16H2,1-2H3. The van der Waals surface area contributed by atoms with Gasteiger partial charge in [-0.1, -0.05) is 29.3 Å². The van der Waals surface area contributed by atoms with Crippen LogP contribution in [0.2, 0.25) is 5.02 Å². The van der Waals surface area contributed by atoms with Crippen molar-refractivity contribution in [2.24, 2.45) is 5.10 Å². The van der Waals surface area contributed by atoms with Crippen LogP contribution in [0, 0.1) is 6.92 Å². The summed E-state index contributed by atoms with van der Waals surface area (Å²) < 4.78 is 5.44. The Bertz CT molecular complexity index is 1030. The number of hydrogen-bond acceptors (Lipinski definition) is 5. The molecule has 8 heteroatoms. The highest BCUT2D eigenvalue weighted by atomic mass is 35.5. The second-order valence-electron chi connectivity index (χ2n) is 8.11. The molecule has 32 heavy (non-hydrogen) atoms. The van der Waals surface area contributed by atoms with Gasteiger partial charge in [0.1, 0.15) is 11.5 Å². The topological polar surface area (TPSA) is 65.5 Å². The molecule has 2 aliphatic heterocycles. The van der Waals surface area contributed by atoms with Crippen molar-refractivity contribution < 1.29 is 14.3 Å². The molecule has 2 amide bonds. The number of piperazine rings is 1. The number of benzene rings is 2. The fourth-order valence-electron chi connectivity index (χ4n) is 4.00. The van der Waals surface area contributed by atoms with Gasteiger partial charge in [-0.2, -0.15) is 5.10 Å². The molecule has 0 saturated carbocycles. The van der Waals surface area contributed by atoms with Gasteiger partial charge in [-0.05, 0) is 37.3 Å². The molecule has 0 N–H and O–H groups in total. The van der Waals surface area contributed by atoms with Crippen molar-refractivity contribution in [3.63, 3.8) is 0 Å². The lowest BCUT2D eigenvalue weighted by Gasteiger charge is -2.35. The van der Waals surface area contributed by atoms with Crippen LogP contribution >= 0.6 is 11.6 Å². The van der Waals surface area contributed by atoms with Crippen molar-refractivity contribution in [1.29, 1.82) is 0 Å². The van der Waals surface area contributed by atoms with Gasteiger partial charge in [0.05, 0.1) is 12.8 Å². The van der Waals surface area contributed by atoms with Gasteiger partial charge in [-0.25, -0.2) is 5.01 Å². The number of ether oxygens (including phenoxy) is 1. The zero-order chi connectivity index (χ0) is 22.7. The zero-order valence-electron chi connectivity index (χ0n) is 18.4. The molecule has 0 spiro atoms. The summed E-state index contributed by atoms with van der Waals surface area (Å²) in [5.41, 5.74) is 3.26. The summed E-state index contributed by atoms with van der Waals surface area (Å²) in [6.45, 7) is 5.41. The van der Waals surface area contributed by atoms with Gasteiger partial charge in [0.2, 0.25) is 5.91 Å². The average Bonchev–Trinajstić information content (AvgIpc) is 2.80. The second kappa shape index (κ2) is 9.71. The molecule has 0 unspecified atom stereocenters. The van der Waals surface area contributed by atoms with Crippen molar-refractivity contribution in [2.75, 3.05) is 38.3 Å². The average molecular weight is 455 g/mol. The number of methoxy groups -OCH3 is 1. The zero-order valence-corrected chi connectivity index (χ0v) is 19.1. The molecular weight excluding hydrogens is 428 g/mol. The summed E-state index contributed by atoms with van der Waals surface area (Å²) >= 11 is 6.15. The van der Waals surface area contributed by atoms with Crippen LogP contribution in [-0.2, 0) is 16.1 Å². The Morgan fingerprint density at radius 3 is 2.47 bits per heavy atom. The van der Waals surface area contributed by atoms with E-state index in [-0.39, 0.29) is 18.2 Å². The predicted molar refractivity (Wildman–Crippen MR) is 125 cm³/mol. The maximum Gasteiger partial charge on any atom is 0.270 e. The predicted octanol–water partition coefficient (Wildman–Crippen LogP) is 3.48. The molecule has 0 atom stereocenters. The lowest BCUT2D eigenvalue weighted by atomic mass is 10.1. The van der Waals surface area contributed by atoms with Crippen molar-refractivity contribution in [3.05, 3.63) is 58.6 Å². The van der Waals surface area contributed by atoms with Gasteiger partial charge in [0.25, 0.3) is 5.91 Å². The summed E-state index contributed by atoms with van der Waals surface area (Å²) in [6, 6.07) is 13.2. The molecule has 1 fully saturated rings. The highest BCUT2D eigenvalue weighted by Gasteiger charge is 2.30. The number of carbonyl (C=O) groups is 2. The lowest BCUT2D eigenvalue weighted by Crippen LogP contribution is -2.51. The Morgan fingerprint density at radius 2 is 1.78 bits per heavy atom. The fourth-order valence-corrected chi connectivity index (χ4v) is 4.19. The Hall–Kier alpha value is -2.90. The third-order valence-electron chi connectivity index (χ3n) is 5.85. The first-order valence-corrected chi connectivity index (χ1v) is 11.1. The number of carbonyl (C=O) groups excluding carboxylic acids is 2. The van der Waals surface area contributed by atoms with Crippen molar-refractivity contribution >= 4 is 34.8 Å². The highest BCUT2D eigenvalue weighted by molar-refractivity contribution is 6.40. The molecule has 0 bridgehead atoms. The van der Waals surface area contributed by atoms with Crippen molar-refractivity contribution in [1.82, 2.24) is 9.80 Å². The Morgan fingerprint density at radius 1 is 1.06 bits per heavy atom. The van der Waals surface area contributed by atoms with Crippen LogP contribution < -0.4 is 9.75 Å². The van der Waals surface area contributed by atoms with E-state index in [1.165, 1.54) is 5.01 Å². The number of rotatable bonds is 5. The van der Waals surface area contributed by atoms with Gasteiger partial charge in [-0.15, -0.1) is 0 Å². The van der Waals surface area contributed by atoms with Gasteiger partial charge in [0.15, 0.2) is 0 Å². The van der Waals surface area contributed by atoms with Crippen LogP contribution in [0.4, 0.5) is 5.69 Å². The SMILES string of the molecule is COc1ccc(Cl)cc1CN1CCN(C(=O)C2=NN(c3ccc(C)cc3)C(=O)CC2)CC1. The number of nitrogens with zero attached hydrogens (tertiary/aromatic N) is 4. The largest absolute Gasteiger partial charge is 0.496 e. The van der Waals surface area contributed by atoms with E-state index in [2.05, 4.69) is 10.0 Å². The summed E-state index contributed by atoms with van der Waals surface area (Å²) in [6.07, 6.45) is 0.660. The number of aryl methyl sites for hydroxylation is 1. The molecular formula is C24H27ClN4O3. The minimum Gasteiger partial charge on any atom is -0.496 e. The number of halogens is 1. The second-order valence-corrected chi connectivity index (χ2v) is 8.55. The summed E-state index contributed by atoms with van der Waals surface area (Å²) in [5, 5.41) is 6.46. The first-order chi connectivity index (χ1) is 15.4. The normalized spacial score (nSPS) is 17.3. The number of anilines is 1. The van der Waals surface area contributed by atoms with E-state index in [0.717, 1.165) is 30.0 Å². The van der Waals surface area contributed by atoms with Crippen LogP contribution in [0.15, 0.2) is 47.6 Å². The van der Waals surface area contributed by atoms with E-state index in [4.69, 9.17) is 16.3 Å². The smallest absolute Gasteiger partial charge is 0.270 e. The maximum atomic E-state index is 13.1. The number of amides is 2. The summed E-state index contributed by atoms with van der Waals surface area (Å²) in [4.78, 5) is 29.6. The molecule has 7 nitrogen and oxygen atoms in total. The first-order valence-electron chi connectivity index (χ1n) is 10.8. The quantitative estimate of drug-likeness (QED) is 0.693. The fraction of sp³-hybridized carbons (Fsp3) is 0.375. The van der Waals surface area contributed by atoms with Crippen molar-refractivity contribution in [2.45, 2.75) is 26.3 Å². The summed E-state index contributed by atoms with van der Waals surface area (Å²) in [7, 11) is 1.65. The molecule has 0 radical (unpaired) electrons. The third-order valence-corrected chi connectivity index (χ3v) is 6.09. The van der Waals surface area contributed by atoms with Gasteiger partial charge in [-0.3, -0.25) is 14.5 Å². The third kappa shape index (κ3) is 4.95. The van der Waals surface area contributed by atoms with E-state index >= 15 is 0 Å². The van der Waals surface area contributed by atoms with Gasteiger partial charge < -0.3 is 9.64 Å². The maximum absolute atomic E-state index is 13.1. The number of hydrazone groups is 1. The van der Waals surface area contributed by atoms with Crippen LogP contribution in [-0.4, -0.2) is 60.6 Å². The molecule has 4 rings (SSSR count). The molecule has 2 aliphatic rings. The molecule has 0 aliphatic carbocycles. The van der Waals surface area contributed by atoms with E-state index < -0.39 is 0 Å². The Labute approximate surface area is 193 Å². The van der Waals surface area contributed by atoms with Crippen LogP contribution in [0.25, 0.3) is 0 Å². The molecule has 2 heterocycles. The van der Waals surface area contributed by atoms with E-state index in [1.54, 1.807) is 7.11 Å². The monoisotopic (exact) mass is 454 g/mol.